The van der Waals surface area contributed by atoms with Gasteiger partial charge in [-0.15, -0.1) is 11.3 Å². The van der Waals surface area contributed by atoms with Crippen LogP contribution in [0.15, 0.2) is 29.6 Å². The van der Waals surface area contributed by atoms with Crippen LogP contribution in [0.1, 0.15) is 24.1 Å². The third-order valence-electron chi connectivity index (χ3n) is 3.21. The maximum Gasteiger partial charge on any atom is 0.303 e. The predicted molar refractivity (Wildman–Crippen MR) is 85.5 cm³/mol. The van der Waals surface area contributed by atoms with Crippen molar-refractivity contribution in [2.75, 3.05) is 13.6 Å². The summed E-state index contributed by atoms with van der Waals surface area (Å²) in [6.07, 6.45) is 0.886. The average molecular weight is 304 g/mol. The van der Waals surface area contributed by atoms with E-state index in [1.165, 1.54) is 5.56 Å². The molecule has 0 aliphatic heterocycles. The highest BCUT2D eigenvalue weighted by molar-refractivity contribution is 7.13. The molecule has 1 N–H and O–H groups in total. The van der Waals surface area contributed by atoms with Crippen molar-refractivity contribution in [3.63, 3.8) is 0 Å². The maximum atomic E-state index is 10.5. The Hall–Kier alpha value is -1.72. The number of aromatic nitrogens is 1. The van der Waals surface area contributed by atoms with Crippen molar-refractivity contribution < 1.29 is 9.90 Å². The fraction of sp³-hybridized carbons (Fsp3) is 0.375. The van der Waals surface area contributed by atoms with Crippen LogP contribution in [-0.4, -0.2) is 34.6 Å². The van der Waals surface area contributed by atoms with Gasteiger partial charge in [0.15, 0.2) is 0 Å². The van der Waals surface area contributed by atoms with E-state index >= 15 is 0 Å². The molecule has 0 amide bonds. The van der Waals surface area contributed by atoms with Crippen LogP contribution in [0.25, 0.3) is 10.6 Å². The molecule has 0 spiro atoms. The normalized spacial score (nSPS) is 11.0. The minimum Gasteiger partial charge on any atom is -0.481 e. The molecule has 0 unspecified atom stereocenters. The highest BCUT2D eigenvalue weighted by Gasteiger charge is 2.07. The zero-order chi connectivity index (χ0) is 15.2. The zero-order valence-corrected chi connectivity index (χ0v) is 13.2. The van der Waals surface area contributed by atoms with Gasteiger partial charge in [0.25, 0.3) is 0 Å². The maximum absolute atomic E-state index is 10.5. The van der Waals surface area contributed by atoms with Crippen LogP contribution in [-0.2, 0) is 11.3 Å². The number of carbonyl (C=O) groups is 1. The number of carboxylic acids is 1. The van der Waals surface area contributed by atoms with Gasteiger partial charge in [0.2, 0.25) is 0 Å². The van der Waals surface area contributed by atoms with E-state index in [-0.39, 0.29) is 6.42 Å². The lowest BCUT2D eigenvalue weighted by Gasteiger charge is -2.14. The molecule has 0 fully saturated rings. The summed E-state index contributed by atoms with van der Waals surface area (Å²) >= 11 is 1.65. The highest BCUT2D eigenvalue weighted by Crippen LogP contribution is 2.24. The Kier molecular flexibility index (Phi) is 5.47. The molecule has 0 atom stereocenters. The van der Waals surface area contributed by atoms with E-state index in [9.17, 15) is 4.79 Å². The van der Waals surface area contributed by atoms with Gasteiger partial charge in [0, 0.05) is 23.9 Å². The van der Waals surface area contributed by atoms with Crippen molar-refractivity contribution in [3.8, 4) is 10.6 Å². The molecule has 0 radical (unpaired) electrons. The summed E-state index contributed by atoms with van der Waals surface area (Å²) < 4.78 is 0. The third kappa shape index (κ3) is 4.95. The van der Waals surface area contributed by atoms with Crippen LogP contribution in [0.4, 0.5) is 0 Å². The number of carboxylic acid groups (broad SMARTS) is 1. The van der Waals surface area contributed by atoms with E-state index in [2.05, 4.69) is 46.5 Å². The van der Waals surface area contributed by atoms with Gasteiger partial charge in [-0.3, -0.25) is 4.79 Å². The van der Waals surface area contributed by atoms with E-state index in [1.54, 1.807) is 11.3 Å². The van der Waals surface area contributed by atoms with E-state index < -0.39 is 5.97 Å². The molecule has 1 aromatic heterocycles. The molecule has 0 saturated heterocycles. The molecule has 5 heteroatoms. The third-order valence-corrected chi connectivity index (χ3v) is 4.15. The second-order valence-electron chi connectivity index (χ2n) is 5.25. The molecule has 2 rings (SSSR count). The summed E-state index contributed by atoms with van der Waals surface area (Å²) in [5, 5.41) is 11.7. The Balaban J connectivity index is 1.90. The summed E-state index contributed by atoms with van der Waals surface area (Å²) in [6, 6.07) is 8.37. The van der Waals surface area contributed by atoms with Crippen LogP contribution < -0.4 is 0 Å². The molecular formula is C16H20N2O2S. The van der Waals surface area contributed by atoms with Gasteiger partial charge in [-0.1, -0.05) is 29.8 Å². The molecule has 112 valence electrons. The lowest BCUT2D eigenvalue weighted by molar-refractivity contribution is -0.137. The summed E-state index contributed by atoms with van der Waals surface area (Å²) in [5.41, 5.74) is 3.42. The van der Waals surface area contributed by atoms with Crippen LogP contribution in [0.5, 0.6) is 0 Å². The fourth-order valence-corrected chi connectivity index (χ4v) is 2.88. The minimum absolute atomic E-state index is 0.218. The van der Waals surface area contributed by atoms with Gasteiger partial charge in [-0.05, 0) is 26.9 Å². The zero-order valence-electron chi connectivity index (χ0n) is 12.4. The molecule has 0 bridgehead atoms. The topological polar surface area (TPSA) is 53.4 Å². The van der Waals surface area contributed by atoms with Gasteiger partial charge < -0.3 is 10.0 Å². The number of hydrogen-bond acceptors (Lipinski definition) is 4. The highest BCUT2D eigenvalue weighted by atomic mass is 32.1. The quantitative estimate of drug-likeness (QED) is 0.851. The van der Waals surface area contributed by atoms with Gasteiger partial charge in [-0.25, -0.2) is 4.98 Å². The number of nitrogens with zero attached hydrogens (tertiary/aromatic N) is 2. The van der Waals surface area contributed by atoms with E-state index in [0.717, 1.165) is 29.4 Å². The standard InChI is InChI=1S/C16H20N2O2S/c1-12-5-7-13(8-6-12)16-17-14(11-21-16)10-18(2)9-3-4-15(19)20/h5-8,11H,3-4,9-10H2,1-2H3,(H,19,20). The van der Waals surface area contributed by atoms with Crippen molar-refractivity contribution in [2.45, 2.75) is 26.3 Å². The molecule has 0 aliphatic rings. The van der Waals surface area contributed by atoms with Crippen LogP contribution >= 0.6 is 11.3 Å². The molecule has 2 aromatic rings. The fourth-order valence-electron chi connectivity index (χ4n) is 2.06. The molecule has 0 saturated carbocycles. The Morgan fingerprint density at radius 3 is 2.71 bits per heavy atom. The summed E-state index contributed by atoms with van der Waals surface area (Å²) in [4.78, 5) is 17.3. The van der Waals surface area contributed by atoms with Crippen LogP contribution in [0.2, 0.25) is 0 Å². The first kappa shape index (κ1) is 15.7. The van der Waals surface area contributed by atoms with Gasteiger partial charge in [-0.2, -0.15) is 0 Å². The molecule has 0 aliphatic carbocycles. The average Bonchev–Trinajstić information content (AvgIpc) is 2.87. The van der Waals surface area contributed by atoms with E-state index in [1.807, 2.05) is 7.05 Å². The number of hydrogen-bond donors (Lipinski definition) is 1. The Bertz CT molecular complexity index is 593. The van der Waals surface area contributed by atoms with Crippen molar-refractivity contribution >= 4 is 17.3 Å². The lowest BCUT2D eigenvalue weighted by Crippen LogP contribution is -2.20. The largest absolute Gasteiger partial charge is 0.481 e. The second kappa shape index (κ2) is 7.33. The van der Waals surface area contributed by atoms with Gasteiger partial charge >= 0.3 is 5.97 Å². The van der Waals surface area contributed by atoms with E-state index in [4.69, 9.17) is 5.11 Å². The monoisotopic (exact) mass is 304 g/mol. The molecule has 1 heterocycles. The number of benzene rings is 1. The smallest absolute Gasteiger partial charge is 0.303 e. The summed E-state index contributed by atoms with van der Waals surface area (Å²) in [5.74, 6) is -0.737. The van der Waals surface area contributed by atoms with Gasteiger partial charge in [0.05, 0.1) is 5.69 Å². The summed E-state index contributed by atoms with van der Waals surface area (Å²) in [7, 11) is 1.99. The molecule has 1 aromatic carbocycles. The minimum atomic E-state index is -0.737. The summed E-state index contributed by atoms with van der Waals surface area (Å²) in [6.45, 7) is 3.59. The van der Waals surface area contributed by atoms with E-state index in [0.29, 0.717) is 6.42 Å². The molecule has 4 nitrogen and oxygen atoms in total. The van der Waals surface area contributed by atoms with Crippen molar-refractivity contribution in [1.29, 1.82) is 0 Å². The Morgan fingerprint density at radius 2 is 2.05 bits per heavy atom. The first-order valence-corrected chi connectivity index (χ1v) is 7.84. The Morgan fingerprint density at radius 1 is 1.33 bits per heavy atom. The van der Waals surface area contributed by atoms with Crippen LogP contribution in [0.3, 0.4) is 0 Å². The number of rotatable bonds is 7. The van der Waals surface area contributed by atoms with Crippen LogP contribution in [0, 0.1) is 6.92 Å². The predicted octanol–water partition coefficient (Wildman–Crippen LogP) is 3.42. The van der Waals surface area contributed by atoms with Crippen molar-refractivity contribution in [3.05, 3.63) is 40.9 Å². The SMILES string of the molecule is Cc1ccc(-c2nc(CN(C)CCCC(=O)O)cs2)cc1. The molecular weight excluding hydrogens is 284 g/mol. The first-order valence-electron chi connectivity index (χ1n) is 6.96. The second-order valence-corrected chi connectivity index (χ2v) is 6.10. The van der Waals surface area contributed by atoms with Crippen molar-refractivity contribution in [1.82, 2.24) is 9.88 Å². The lowest BCUT2D eigenvalue weighted by atomic mass is 10.2. The number of aryl methyl sites for hydroxylation is 1. The Labute approximate surface area is 129 Å². The van der Waals surface area contributed by atoms with Crippen molar-refractivity contribution in [2.24, 2.45) is 0 Å². The first-order chi connectivity index (χ1) is 10.0. The molecule has 21 heavy (non-hydrogen) atoms. The number of aliphatic carboxylic acids is 1. The number of thiazole rings is 1. The van der Waals surface area contributed by atoms with Gasteiger partial charge in [0.1, 0.15) is 5.01 Å².